The summed E-state index contributed by atoms with van der Waals surface area (Å²) in [4.78, 5) is 0. The van der Waals surface area contributed by atoms with E-state index in [-0.39, 0.29) is 12.2 Å². The van der Waals surface area contributed by atoms with Gasteiger partial charge in [0.05, 0.1) is 17.8 Å². The van der Waals surface area contributed by atoms with Crippen molar-refractivity contribution < 1.29 is 15.3 Å². The molecular weight excluding hydrogens is 384 g/mol. The Kier molecular flexibility index (Phi) is 8.86. The Morgan fingerprint density at radius 2 is 1.71 bits per heavy atom. The van der Waals surface area contributed by atoms with Crippen molar-refractivity contribution in [3.63, 3.8) is 0 Å². The molecule has 3 heteroatoms. The highest BCUT2D eigenvalue weighted by molar-refractivity contribution is 5.25. The van der Waals surface area contributed by atoms with Crippen LogP contribution in [-0.4, -0.2) is 33.1 Å². The smallest absolute Gasteiger partial charge is 0.0642 e. The zero-order valence-corrected chi connectivity index (χ0v) is 20.4. The molecule has 0 aromatic carbocycles. The van der Waals surface area contributed by atoms with Crippen molar-refractivity contribution in [2.45, 2.75) is 135 Å². The third kappa shape index (κ3) is 6.24. The van der Waals surface area contributed by atoms with Crippen LogP contribution in [0.3, 0.4) is 0 Å². The predicted molar refractivity (Wildman–Crippen MR) is 129 cm³/mol. The summed E-state index contributed by atoms with van der Waals surface area (Å²) in [6.45, 7) is 6.77. The minimum atomic E-state index is -0.451. The van der Waals surface area contributed by atoms with Gasteiger partial charge >= 0.3 is 0 Å². The molecule has 0 heterocycles. The van der Waals surface area contributed by atoms with E-state index in [0.29, 0.717) is 30.6 Å². The van der Waals surface area contributed by atoms with Gasteiger partial charge in [-0.25, -0.2) is 0 Å². The molecule has 5 atom stereocenters. The third-order valence-corrected chi connectivity index (χ3v) is 9.24. The predicted octanol–water partition coefficient (Wildman–Crippen LogP) is 6.46. The SMILES string of the molecule is CCC(O)(CC)CCCCC1CCCC2/C(=C\C=C3C[C@@H](O)C[C@H](O)C3)CCC[C@]12C. The van der Waals surface area contributed by atoms with Gasteiger partial charge in [-0.15, -0.1) is 0 Å². The molecule has 2 unspecified atom stereocenters. The van der Waals surface area contributed by atoms with E-state index in [9.17, 15) is 15.3 Å². The van der Waals surface area contributed by atoms with E-state index in [2.05, 4.69) is 32.9 Å². The van der Waals surface area contributed by atoms with Gasteiger partial charge in [0.15, 0.2) is 0 Å². The molecule has 0 bridgehead atoms. The molecular formula is C28H48O3. The average Bonchev–Trinajstić information content (AvgIpc) is 2.74. The maximum absolute atomic E-state index is 10.6. The van der Waals surface area contributed by atoms with Crippen molar-refractivity contribution in [2.24, 2.45) is 17.3 Å². The lowest BCUT2D eigenvalue weighted by molar-refractivity contribution is 0.0129. The van der Waals surface area contributed by atoms with Crippen molar-refractivity contribution >= 4 is 0 Å². The Balaban J connectivity index is 1.62. The number of aliphatic hydroxyl groups is 3. The summed E-state index contributed by atoms with van der Waals surface area (Å²) in [5.74, 6) is 1.50. The second-order valence-electron chi connectivity index (χ2n) is 11.2. The van der Waals surface area contributed by atoms with E-state index in [1.807, 2.05) is 0 Å². The molecule has 3 fully saturated rings. The zero-order valence-electron chi connectivity index (χ0n) is 20.4. The van der Waals surface area contributed by atoms with Crippen LogP contribution in [0, 0.1) is 17.3 Å². The van der Waals surface area contributed by atoms with Gasteiger partial charge in [-0.2, -0.15) is 0 Å². The van der Waals surface area contributed by atoms with Crippen molar-refractivity contribution in [3.8, 4) is 0 Å². The van der Waals surface area contributed by atoms with E-state index < -0.39 is 5.60 Å². The van der Waals surface area contributed by atoms with Crippen LogP contribution >= 0.6 is 0 Å². The summed E-state index contributed by atoms with van der Waals surface area (Å²) >= 11 is 0. The largest absolute Gasteiger partial charge is 0.393 e. The second-order valence-corrected chi connectivity index (χ2v) is 11.2. The van der Waals surface area contributed by atoms with E-state index in [0.717, 1.165) is 31.6 Å². The molecule has 3 aliphatic carbocycles. The number of unbranched alkanes of at least 4 members (excludes halogenated alkanes) is 1. The summed E-state index contributed by atoms with van der Waals surface area (Å²) < 4.78 is 0. The average molecular weight is 433 g/mol. The van der Waals surface area contributed by atoms with Gasteiger partial charge in [-0.1, -0.05) is 63.3 Å². The van der Waals surface area contributed by atoms with Gasteiger partial charge in [0, 0.05) is 0 Å². The van der Waals surface area contributed by atoms with E-state index in [4.69, 9.17) is 0 Å². The summed E-state index contributed by atoms with van der Waals surface area (Å²) in [5, 5.41) is 30.6. The molecule has 3 N–H and O–H groups in total. The Bertz CT molecular complexity index is 620. The summed E-state index contributed by atoms with van der Waals surface area (Å²) in [6.07, 6.45) is 20.0. The molecule has 0 aliphatic heterocycles. The Morgan fingerprint density at radius 1 is 1.00 bits per heavy atom. The highest BCUT2D eigenvalue weighted by Crippen LogP contribution is 2.56. The van der Waals surface area contributed by atoms with Gasteiger partial charge in [-0.3, -0.25) is 0 Å². The summed E-state index contributed by atoms with van der Waals surface area (Å²) in [7, 11) is 0. The van der Waals surface area contributed by atoms with Gasteiger partial charge in [0.25, 0.3) is 0 Å². The number of allylic oxidation sites excluding steroid dienone is 3. The Morgan fingerprint density at radius 3 is 2.39 bits per heavy atom. The summed E-state index contributed by atoms with van der Waals surface area (Å²) in [5.41, 5.74) is 2.79. The van der Waals surface area contributed by atoms with E-state index in [1.54, 1.807) is 5.57 Å². The van der Waals surface area contributed by atoms with Crippen molar-refractivity contribution in [3.05, 3.63) is 23.3 Å². The number of rotatable bonds is 8. The molecule has 3 nitrogen and oxygen atoms in total. The molecule has 0 amide bonds. The second kappa shape index (κ2) is 11.0. The molecule has 0 radical (unpaired) electrons. The minimum Gasteiger partial charge on any atom is -0.393 e. The molecule has 31 heavy (non-hydrogen) atoms. The highest BCUT2D eigenvalue weighted by Gasteiger charge is 2.46. The van der Waals surface area contributed by atoms with Crippen LogP contribution in [0.2, 0.25) is 0 Å². The molecule has 3 saturated carbocycles. The number of hydrogen-bond acceptors (Lipinski definition) is 3. The maximum Gasteiger partial charge on any atom is 0.0642 e. The lowest BCUT2D eigenvalue weighted by Gasteiger charge is -2.52. The van der Waals surface area contributed by atoms with Crippen LogP contribution < -0.4 is 0 Å². The quantitative estimate of drug-likeness (QED) is 0.386. The lowest BCUT2D eigenvalue weighted by Crippen LogP contribution is -2.42. The first kappa shape index (κ1) is 25.0. The molecule has 178 valence electrons. The van der Waals surface area contributed by atoms with Gasteiger partial charge < -0.3 is 15.3 Å². The third-order valence-electron chi connectivity index (χ3n) is 9.24. The van der Waals surface area contributed by atoms with E-state index in [1.165, 1.54) is 56.9 Å². The van der Waals surface area contributed by atoms with Crippen LogP contribution in [0.25, 0.3) is 0 Å². The topological polar surface area (TPSA) is 60.7 Å². The van der Waals surface area contributed by atoms with Crippen LogP contribution in [-0.2, 0) is 0 Å². The zero-order chi connectivity index (χ0) is 22.5. The van der Waals surface area contributed by atoms with Crippen molar-refractivity contribution in [2.75, 3.05) is 0 Å². The number of fused-ring (bicyclic) bond motifs is 1. The van der Waals surface area contributed by atoms with Crippen molar-refractivity contribution in [1.82, 2.24) is 0 Å². The molecule has 3 aliphatic rings. The molecule has 0 aromatic heterocycles. The fourth-order valence-corrected chi connectivity index (χ4v) is 7.00. The Labute approximate surface area is 191 Å². The standard InChI is InChI=1S/C28H48O3/c1-4-28(31,5-2)17-7-6-11-23-12-8-13-26-22(10-9-16-27(23,26)3)15-14-21-18-24(29)20-25(30)19-21/h14-15,23-26,29-31H,4-13,16-20H2,1-3H3/b22-15-/t23?,24-,25-,26?,27-/m1/s1. The molecule has 0 saturated heterocycles. The van der Waals surface area contributed by atoms with Crippen LogP contribution in [0.1, 0.15) is 117 Å². The number of aliphatic hydroxyl groups excluding tert-OH is 2. The van der Waals surface area contributed by atoms with Gasteiger partial charge in [0.1, 0.15) is 0 Å². The van der Waals surface area contributed by atoms with Crippen LogP contribution in [0.5, 0.6) is 0 Å². The first-order valence-electron chi connectivity index (χ1n) is 13.3. The van der Waals surface area contributed by atoms with Crippen LogP contribution in [0.15, 0.2) is 23.3 Å². The molecule has 0 spiro atoms. The van der Waals surface area contributed by atoms with E-state index >= 15 is 0 Å². The van der Waals surface area contributed by atoms with Gasteiger partial charge in [-0.05, 0) is 94.3 Å². The fraction of sp³-hybridized carbons (Fsp3) is 0.857. The normalized spacial score (nSPS) is 35.8. The maximum atomic E-state index is 10.6. The lowest BCUT2D eigenvalue weighted by atomic mass is 9.53. The Hall–Kier alpha value is -0.640. The van der Waals surface area contributed by atoms with Crippen LogP contribution in [0.4, 0.5) is 0 Å². The first-order chi connectivity index (χ1) is 14.8. The molecule has 0 aromatic rings. The summed E-state index contributed by atoms with van der Waals surface area (Å²) in [6, 6.07) is 0. The first-order valence-corrected chi connectivity index (χ1v) is 13.3. The highest BCUT2D eigenvalue weighted by atomic mass is 16.3. The fourth-order valence-electron chi connectivity index (χ4n) is 7.00. The monoisotopic (exact) mass is 432 g/mol. The van der Waals surface area contributed by atoms with Crippen molar-refractivity contribution in [1.29, 1.82) is 0 Å². The molecule has 3 rings (SSSR count). The number of hydrogen-bond donors (Lipinski definition) is 3. The minimum absolute atomic E-state index is 0.387. The van der Waals surface area contributed by atoms with Gasteiger partial charge in [0.2, 0.25) is 0 Å².